The summed E-state index contributed by atoms with van der Waals surface area (Å²) in [4.78, 5) is 15.0. The van der Waals surface area contributed by atoms with Gasteiger partial charge in [-0.25, -0.2) is 0 Å². The number of carbonyl (C=O) groups is 1. The third-order valence-electron chi connectivity index (χ3n) is 5.00. The van der Waals surface area contributed by atoms with Gasteiger partial charge in [0.1, 0.15) is 0 Å². The highest BCUT2D eigenvalue weighted by molar-refractivity contribution is 5.79. The highest BCUT2D eigenvalue weighted by Crippen LogP contribution is 2.21. The molecule has 1 aliphatic rings. The molecule has 134 valence electrons. The van der Waals surface area contributed by atoms with Crippen molar-refractivity contribution in [1.82, 2.24) is 10.2 Å². The molecule has 2 rings (SSSR count). The molecule has 0 spiro atoms. The number of rotatable bonds is 6. The average molecular weight is 332 g/mol. The predicted molar refractivity (Wildman–Crippen MR) is 99.5 cm³/mol. The van der Waals surface area contributed by atoms with E-state index >= 15 is 0 Å². The maximum absolute atomic E-state index is 12.5. The average Bonchev–Trinajstić information content (AvgIpc) is 2.53. The van der Waals surface area contributed by atoms with Crippen molar-refractivity contribution in [3.05, 3.63) is 35.9 Å². The Hall–Kier alpha value is -1.39. The van der Waals surface area contributed by atoms with Crippen LogP contribution in [0, 0.1) is 17.8 Å². The molecule has 0 aliphatic carbocycles. The summed E-state index contributed by atoms with van der Waals surface area (Å²) >= 11 is 0. The van der Waals surface area contributed by atoms with E-state index in [4.69, 9.17) is 5.73 Å². The van der Waals surface area contributed by atoms with Gasteiger partial charge >= 0.3 is 0 Å². The van der Waals surface area contributed by atoms with Crippen LogP contribution in [0.4, 0.5) is 0 Å². The first kappa shape index (κ1) is 18.9. The van der Waals surface area contributed by atoms with E-state index in [2.05, 4.69) is 31.0 Å². The van der Waals surface area contributed by atoms with E-state index in [9.17, 15) is 4.79 Å². The van der Waals surface area contributed by atoms with Gasteiger partial charge in [-0.05, 0) is 30.7 Å². The quantitative estimate of drug-likeness (QED) is 0.843. The summed E-state index contributed by atoms with van der Waals surface area (Å²) in [5.74, 6) is 1.27. The third kappa shape index (κ3) is 5.32. The molecule has 3 N–H and O–H groups in total. The topological polar surface area (TPSA) is 58.4 Å². The number of nitrogens with zero attached hydrogens (tertiary/aromatic N) is 1. The second-order valence-electron chi connectivity index (χ2n) is 7.80. The molecule has 1 saturated heterocycles. The molecular weight excluding hydrogens is 298 g/mol. The van der Waals surface area contributed by atoms with Crippen molar-refractivity contribution >= 4 is 5.91 Å². The summed E-state index contributed by atoms with van der Waals surface area (Å²) in [7, 11) is 0. The van der Waals surface area contributed by atoms with Crippen LogP contribution in [0.5, 0.6) is 0 Å². The van der Waals surface area contributed by atoms with Gasteiger partial charge in [0.25, 0.3) is 0 Å². The van der Waals surface area contributed by atoms with E-state index < -0.39 is 0 Å². The van der Waals surface area contributed by atoms with Crippen LogP contribution in [0.1, 0.15) is 45.7 Å². The van der Waals surface area contributed by atoms with Crippen LogP contribution in [0.25, 0.3) is 0 Å². The van der Waals surface area contributed by atoms with E-state index in [0.717, 1.165) is 37.0 Å². The Kier molecular flexibility index (Phi) is 6.81. The van der Waals surface area contributed by atoms with Crippen LogP contribution in [0.2, 0.25) is 0 Å². The molecule has 1 aliphatic heterocycles. The number of carbonyl (C=O) groups excluding carboxylic acids is 1. The van der Waals surface area contributed by atoms with Gasteiger partial charge in [0.2, 0.25) is 5.91 Å². The molecule has 4 heteroatoms. The number of hydrogen-bond donors (Lipinski definition) is 2. The maximum atomic E-state index is 12.5. The molecule has 1 fully saturated rings. The first-order valence-corrected chi connectivity index (χ1v) is 9.20. The number of piperidine rings is 1. The number of hydrogen-bond acceptors (Lipinski definition) is 3. The standard InChI is InChI=1S/C20H33N3O/c1-14-10-15(2)12-23(11-14)13-16(3)22-20(24)17(4)19(21)18-8-6-5-7-9-18/h5-9,14-17,19H,10-13,21H2,1-4H3,(H,22,24). The summed E-state index contributed by atoms with van der Waals surface area (Å²) in [5.41, 5.74) is 7.27. The lowest BCUT2D eigenvalue weighted by molar-refractivity contribution is -0.125. The van der Waals surface area contributed by atoms with Gasteiger partial charge in [-0.3, -0.25) is 4.79 Å². The van der Waals surface area contributed by atoms with Crippen LogP contribution < -0.4 is 11.1 Å². The molecule has 0 saturated carbocycles. The molecule has 1 heterocycles. The minimum Gasteiger partial charge on any atom is -0.352 e. The molecule has 0 aromatic heterocycles. The Bertz CT molecular complexity index is 509. The van der Waals surface area contributed by atoms with Crippen LogP contribution in [0.3, 0.4) is 0 Å². The summed E-state index contributed by atoms with van der Waals surface area (Å²) in [5, 5.41) is 3.15. The van der Waals surface area contributed by atoms with Crippen molar-refractivity contribution < 1.29 is 4.79 Å². The maximum Gasteiger partial charge on any atom is 0.224 e. The molecule has 1 aromatic rings. The molecule has 1 amide bonds. The number of likely N-dealkylation sites (tertiary alicyclic amines) is 1. The Morgan fingerprint density at radius 2 is 1.79 bits per heavy atom. The van der Waals surface area contributed by atoms with E-state index in [0.29, 0.717) is 0 Å². The first-order valence-electron chi connectivity index (χ1n) is 9.20. The fourth-order valence-corrected chi connectivity index (χ4v) is 3.88. The zero-order valence-corrected chi connectivity index (χ0v) is 15.5. The number of amides is 1. The van der Waals surface area contributed by atoms with Gasteiger partial charge in [0.05, 0.1) is 5.92 Å². The molecule has 1 aromatic carbocycles. The number of nitrogens with one attached hydrogen (secondary N) is 1. The van der Waals surface area contributed by atoms with Gasteiger partial charge in [-0.15, -0.1) is 0 Å². The lowest BCUT2D eigenvalue weighted by Gasteiger charge is -2.36. The van der Waals surface area contributed by atoms with Crippen molar-refractivity contribution in [1.29, 1.82) is 0 Å². The lowest BCUT2D eigenvalue weighted by atomic mass is 9.91. The Morgan fingerprint density at radius 1 is 1.21 bits per heavy atom. The zero-order chi connectivity index (χ0) is 17.7. The second-order valence-corrected chi connectivity index (χ2v) is 7.80. The monoisotopic (exact) mass is 331 g/mol. The SMILES string of the molecule is CC1CC(C)CN(CC(C)NC(=O)C(C)C(N)c2ccccc2)C1. The largest absolute Gasteiger partial charge is 0.352 e. The number of benzene rings is 1. The molecule has 5 atom stereocenters. The van der Waals surface area contributed by atoms with Gasteiger partial charge in [0.15, 0.2) is 0 Å². The normalized spacial score (nSPS) is 25.7. The predicted octanol–water partition coefficient (Wildman–Crippen LogP) is 2.81. The fraction of sp³-hybridized carbons (Fsp3) is 0.650. The van der Waals surface area contributed by atoms with E-state index in [1.54, 1.807) is 0 Å². The van der Waals surface area contributed by atoms with Crippen molar-refractivity contribution in [2.75, 3.05) is 19.6 Å². The Balaban J connectivity index is 1.84. The summed E-state index contributed by atoms with van der Waals surface area (Å²) in [6.07, 6.45) is 1.31. The van der Waals surface area contributed by atoms with Gasteiger partial charge in [-0.2, -0.15) is 0 Å². The fourth-order valence-electron chi connectivity index (χ4n) is 3.88. The van der Waals surface area contributed by atoms with Crippen molar-refractivity contribution in [2.24, 2.45) is 23.5 Å². The van der Waals surface area contributed by atoms with Crippen LogP contribution in [-0.4, -0.2) is 36.5 Å². The zero-order valence-electron chi connectivity index (χ0n) is 15.5. The lowest BCUT2D eigenvalue weighted by Crippen LogP contribution is -2.48. The van der Waals surface area contributed by atoms with E-state index in [-0.39, 0.29) is 23.9 Å². The molecule has 0 bridgehead atoms. The highest BCUT2D eigenvalue weighted by atomic mass is 16.2. The second kappa shape index (κ2) is 8.63. The molecule has 4 nitrogen and oxygen atoms in total. The number of nitrogens with two attached hydrogens (primary N) is 1. The minimum atomic E-state index is -0.270. The van der Waals surface area contributed by atoms with Crippen molar-refractivity contribution in [2.45, 2.75) is 46.2 Å². The Labute approximate surface area is 146 Å². The highest BCUT2D eigenvalue weighted by Gasteiger charge is 2.26. The molecule has 24 heavy (non-hydrogen) atoms. The summed E-state index contributed by atoms with van der Waals surface area (Å²) in [6.45, 7) is 11.8. The van der Waals surface area contributed by atoms with E-state index in [1.165, 1.54) is 6.42 Å². The molecular formula is C20H33N3O. The molecule has 5 unspecified atom stereocenters. The minimum absolute atomic E-state index is 0.0389. The third-order valence-corrected chi connectivity index (χ3v) is 5.00. The van der Waals surface area contributed by atoms with Gasteiger partial charge in [0, 0.05) is 31.7 Å². The van der Waals surface area contributed by atoms with Crippen molar-refractivity contribution in [3.63, 3.8) is 0 Å². The van der Waals surface area contributed by atoms with E-state index in [1.807, 2.05) is 37.3 Å². The van der Waals surface area contributed by atoms with Gasteiger partial charge < -0.3 is 16.0 Å². The smallest absolute Gasteiger partial charge is 0.224 e. The Morgan fingerprint density at radius 3 is 2.38 bits per heavy atom. The van der Waals surface area contributed by atoms with Crippen LogP contribution in [0.15, 0.2) is 30.3 Å². The summed E-state index contributed by atoms with van der Waals surface area (Å²) < 4.78 is 0. The first-order chi connectivity index (χ1) is 11.4. The van der Waals surface area contributed by atoms with Crippen LogP contribution in [-0.2, 0) is 4.79 Å². The summed E-state index contributed by atoms with van der Waals surface area (Å²) in [6, 6.07) is 9.71. The van der Waals surface area contributed by atoms with Gasteiger partial charge in [-0.1, -0.05) is 51.1 Å². The molecule has 0 radical (unpaired) electrons. The van der Waals surface area contributed by atoms with Crippen LogP contribution >= 0.6 is 0 Å². The van der Waals surface area contributed by atoms with Crippen molar-refractivity contribution in [3.8, 4) is 0 Å².